The maximum atomic E-state index is 14.7. The van der Waals surface area contributed by atoms with Gasteiger partial charge in [-0.2, -0.15) is 0 Å². The predicted octanol–water partition coefficient (Wildman–Crippen LogP) is 7.29. The highest BCUT2D eigenvalue weighted by Gasteiger charge is 2.62. The SMILES string of the molecule is COC(=O)[C@]12CC(=O)[C@H](C(C)C)CC(=O)[C@H](C)CCC[C@H](C)CC(=O)[C@H]1CC(C)=C1C[C@H](O)[C@@]3(C)O[C@@H](CC/C(C)=C\[C@@H]12)[C@@]1(C)CC[C@@H]3O1. The van der Waals surface area contributed by atoms with Gasteiger partial charge in [0.05, 0.1) is 36.4 Å². The second-order valence-electron chi connectivity index (χ2n) is 17.4. The van der Waals surface area contributed by atoms with Crippen LogP contribution in [-0.2, 0) is 33.4 Å². The number of ketones is 3. The van der Waals surface area contributed by atoms with Crippen molar-refractivity contribution in [3.05, 3.63) is 22.8 Å². The second kappa shape index (κ2) is 14.5. The summed E-state index contributed by atoms with van der Waals surface area (Å²) in [4.78, 5) is 57.4. The van der Waals surface area contributed by atoms with Crippen LogP contribution in [0, 0.1) is 40.9 Å². The number of carbonyl (C=O) groups excluding carboxylic acids is 4. The first-order valence-electron chi connectivity index (χ1n) is 19.0. The number of rotatable bonds is 2. The van der Waals surface area contributed by atoms with Gasteiger partial charge in [0.1, 0.15) is 23.0 Å². The molecule has 8 heteroatoms. The molecule has 2 saturated heterocycles. The minimum atomic E-state index is -1.52. The maximum Gasteiger partial charge on any atom is 0.313 e. The van der Waals surface area contributed by atoms with Crippen LogP contribution in [0.4, 0.5) is 0 Å². The molecule has 0 aromatic carbocycles. The Bertz CT molecular complexity index is 1380. The fraction of sp³-hybridized carbons (Fsp3) is 0.805. The fourth-order valence-electron chi connectivity index (χ4n) is 10.0. The lowest BCUT2D eigenvalue weighted by Gasteiger charge is -2.51. The van der Waals surface area contributed by atoms with E-state index >= 15 is 0 Å². The van der Waals surface area contributed by atoms with Crippen molar-refractivity contribution in [1.82, 2.24) is 0 Å². The van der Waals surface area contributed by atoms with E-state index in [4.69, 9.17) is 14.2 Å². The van der Waals surface area contributed by atoms with Crippen LogP contribution in [0.25, 0.3) is 0 Å². The average molecular weight is 683 g/mol. The van der Waals surface area contributed by atoms with E-state index in [1.807, 2.05) is 41.5 Å². The van der Waals surface area contributed by atoms with E-state index in [9.17, 15) is 24.3 Å². The van der Waals surface area contributed by atoms with Gasteiger partial charge < -0.3 is 19.3 Å². The van der Waals surface area contributed by atoms with E-state index in [2.05, 4.69) is 19.9 Å². The lowest BCUT2D eigenvalue weighted by Crippen LogP contribution is -2.62. The van der Waals surface area contributed by atoms with Gasteiger partial charge in [0.25, 0.3) is 0 Å². The maximum absolute atomic E-state index is 14.7. The average Bonchev–Trinajstić information content (AvgIpc) is 3.41. The van der Waals surface area contributed by atoms with Crippen LogP contribution >= 0.6 is 0 Å². The van der Waals surface area contributed by atoms with Gasteiger partial charge in [0.15, 0.2) is 0 Å². The van der Waals surface area contributed by atoms with Crippen LogP contribution < -0.4 is 0 Å². The number of aliphatic hydroxyl groups is 1. The van der Waals surface area contributed by atoms with Gasteiger partial charge in [-0.05, 0) is 84.5 Å². The molecule has 0 amide bonds. The number of carbonyl (C=O) groups is 4. The molecule has 0 aromatic heterocycles. The number of hydrogen-bond donors (Lipinski definition) is 1. The number of allylic oxidation sites excluding steroid dienone is 3. The van der Waals surface area contributed by atoms with Gasteiger partial charge in [-0.1, -0.05) is 63.3 Å². The van der Waals surface area contributed by atoms with Crippen molar-refractivity contribution in [1.29, 1.82) is 0 Å². The van der Waals surface area contributed by atoms with E-state index in [0.717, 1.165) is 48.8 Å². The van der Waals surface area contributed by atoms with Crippen molar-refractivity contribution < 1.29 is 38.5 Å². The first-order chi connectivity index (χ1) is 23.0. The Balaban J connectivity index is 1.70. The number of hydrogen-bond acceptors (Lipinski definition) is 8. The minimum Gasteiger partial charge on any atom is -0.469 e. The van der Waals surface area contributed by atoms with E-state index in [1.165, 1.54) is 7.11 Å². The first kappa shape index (κ1) is 38.1. The second-order valence-corrected chi connectivity index (χ2v) is 17.4. The fourth-order valence-corrected chi connectivity index (χ4v) is 10.0. The van der Waals surface area contributed by atoms with E-state index in [-0.39, 0.29) is 66.6 Å². The third kappa shape index (κ3) is 7.04. The smallest absolute Gasteiger partial charge is 0.313 e. The lowest BCUT2D eigenvalue weighted by atomic mass is 9.53. The Labute approximate surface area is 294 Å². The number of esters is 1. The number of methoxy groups -OCH3 is 1. The van der Waals surface area contributed by atoms with Crippen molar-refractivity contribution >= 4 is 23.3 Å². The Morgan fingerprint density at radius 1 is 0.918 bits per heavy atom. The Hall–Kier alpha value is -2.16. The highest BCUT2D eigenvalue weighted by molar-refractivity contribution is 5.97. The Morgan fingerprint density at radius 2 is 1.63 bits per heavy atom. The molecular formula is C41H62O8. The van der Waals surface area contributed by atoms with Crippen LogP contribution in [-0.4, -0.2) is 65.0 Å². The van der Waals surface area contributed by atoms with Gasteiger partial charge in [-0.3, -0.25) is 19.2 Å². The number of aliphatic hydroxyl groups excluding tert-OH is 1. The van der Waals surface area contributed by atoms with Crippen LogP contribution in [0.1, 0.15) is 132 Å². The summed E-state index contributed by atoms with van der Waals surface area (Å²) < 4.78 is 19.1. The molecule has 1 N–H and O–H groups in total. The molecule has 11 atom stereocenters. The largest absolute Gasteiger partial charge is 0.469 e. The zero-order chi connectivity index (χ0) is 36.1. The molecule has 0 unspecified atom stereocenters. The summed E-state index contributed by atoms with van der Waals surface area (Å²) in [6, 6.07) is 0. The summed E-state index contributed by atoms with van der Waals surface area (Å²) in [6.07, 6.45) is 6.79. The third-order valence-corrected chi connectivity index (χ3v) is 13.5. The third-order valence-electron chi connectivity index (χ3n) is 13.5. The quantitative estimate of drug-likeness (QED) is 0.239. The van der Waals surface area contributed by atoms with E-state index in [1.54, 1.807) is 0 Å². The van der Waals surface area contributed by atoms with Crippen LogP contribution in [0.2, 0.25) is 0 Å². The molecule has 8 nitrogen and oxygen atoms in total. The number of fused-ring (bicyclic) bond motifs is 9. The van der Waals surface area contributed by atoms with Crippen LogP contribution in [0.15, 0.2) is 22.8 Å². The molecule has 3 aliphatic heterocycles. The van der Waals surface area contributed by atoms with Crippen molar-refractivity contribution in [2.24, 2.45) is 40.9 Å². The molecule has 49 heavy (non-hydrogen) atoms. The lowest BCUT2D eigenvalue weighted by molar-refractivity contribution is -0.296. The normalized spacial score (nSPS) is 43.9. The van der Waals surface area contributed by atoms with Gasteiger partial charge in [-0.25, -0.2) is 0 Å². The molecule has 0 spiro atoms. The van der Waals surface area contributed by atoms with Crippen molar-refractivity contribution in [2.75, 3.05) is 7.11 Å². The van der Waals surface area contributed by atoms with Crippen molar-refractivity contribution in [3.63, 3.8) is 0 Å². The minimum absolute atomic E-state index is 0.0166. The molecule has 4 bridgehead atoms. The number of Topliss-reactive ketones (excluding diaryl/α,β-unsaturated/α-hetero) is 3. The highest BCUT2D eigenvalue weighted by Crippen LogP contribution is 2.57. The Kier molecular flexibility index (Phi) is 11.2. The van der Waals surface area contributed by atoms with E-state index in [0.29, 0.717) is 25.7 Å². The molecule has 3 heterocycles. The van der Waals surface area contributed by atoms with Gasteiger partial charge in [-0.15, -0.1) is 0 Å². The molecule has 5 aliphatic rings. The molecule has 2 aliphatic carbocycles. The number of ether oxygens (including phenoxy) is 3. The zero-order valence-electron chi connectivity index (χ0n) is 31.6. The standard InChI is InChI=1S/C41H62O8/c1-23(2)28-20-32(42)26(5)12-10-11-24(3)18-33(43)31-19-27(6)29-21-35(45)40(8)37-15-16-39(7,48-37)36(49-40)14-13-25(4)17-30(29)41(31,22-34(28)44)38(46)47-9/h17,23-24,26,28,30-31,35-37,45H,10-16,18-22H2,1-9H3/b25-17-/t24-,26+,28-,30-,31+,35-,36-,37-,39+,40+,41-/m0/s1. The topological polar surface area (TPSA) is 116 Å². The zero-order valence-corrected chi connectivity index (χ0v) is 31.6. The summed E-state index contributed by atoms with van der Waals surface area (Å²) in [5.74, 6) is -2.92. The predicted molar refractivity (Wildman–Crippen MR) is 188 cm³/mol. The van der Waals surface area contributed by atoms with Gasteiger partial charge in [0, 0.05) is 42.9 Å². The highest BCUT2D eigenvalue weighted by atomic mass is 16.6. The summed E-state index contributed by atoms with van der Waals surface area (Å²) in [5, 5.41) is 12.2. The van der Waals surface area contributed by atoms with E-state index < -0.39 is 46.4 Å². The van der Waals surface area contributed by atoms with Gasteiger partial charge in [0.2, 0.25) is 0 Å². The Morgan fingerprint density at radius 3 is 2.31 bits per heavy atom. The molecule has 274 valence electrons. The molecular weight excluding hydrogens is 620 g/mol. The summed E-state index contributed by atoms with van der Waals surface area (Å²) in [7, 11) is 1.34. The van der Waals surface area contributed by atoms with Crippen molar-refractivity contribution in [2.45, 2.75) is 162 Å². The summed E-state index contributed by atoms with van der Waals surface area (Å²) in [6.45, 7) is 16.0. The molecule has 1 saturated carbocycles. The van der Waals surface area contributed by atoms with Crippen LogP contribution in [0.5, 0.6) is 0 Å². The van der Waals surface area contributed by atoms with Gasteiger partial charge >= 0.3 is 5.97 Å². The summed E-state index contributed by atoms with van der Waals surface area (Å²) in [5.41, 5.74) is -0.0540. The molecule has 5 rings (SSSR count). The molecule has 3 fully saturated rings. The molecule has 0 radical (unpaired) electrons. The first-order valence-corrected chi connectivity index (χ1v) is 19.0. The van der Waals surface area contributed by atoms with Crippen molar-refractivity contribution in [3.8, 4) is 0 Å². The monoisotopic (exact) mass is 682 g/mol. The van der Waals surface area contributed by atoms with Crippen LogP contribution in [0.3, 0.4) is 0 Å². The molecule has 0 aromatic rings. The summed E-state index contributed by atoms with van der Waals surface area (Å²) >= 11 is 0.